The van der Waals surface area contributed by atoms with Gasteiger partial charge in [0.05, 0.1) is 12.2 Å². The first-order valence-electron chi connectivity index (χ1n) is 8.66. The van der Waals surface area contributed by atoms with Crippen molar-refractivity contribution in [2.24, 2.45) is 5.16 Å². The second-order valence-corrected chi connectivity index (χ2v) is 6.42. The van der Waals surface area contributed by atoms with Crippen LogP contribution in [0, 0.1) is 13.8 Å². The molecule has 1 aromatic carbocycles. The van der Waals surface area contributed by atoms with Gasteiger partial charge in [0.25, 0.3) is 0 Å². The van der Waals surface area contributed by atoms with Crippen LogP contribution < -0.4 is 4.74 Å². The molecule has 0 atom stereocenters. The lowest BCUT2D eigenvalue weighted by Crippen LogP contribution is -2.40. The van der Waals surface area contributed by atoms with Crippen LogP contribution in [0.15, 0.2) is 41.6 Å². The lowest BCUT2D eigenvalue weighted by atomic mass is 10.1. The molecule has 0 aliphatic carbocycles. The van der Waals surface area contributed by atoms with E-state index >= 15 is 0 Å². The molecular weight excluding hydrogens is 330 g/mol. The Balaban J connectivity index is 2.41. The van der Waals surface area contributed by atoms with Crippen molar-refractivity contribution in [2.75, 3.05) is 20.3 Å². The van der Waals surface area contributed by atoms with Crippen molar-refractivity contribution >= 4 is 5.84 Å². The number of aromatic nitrogens is 1. The van der Waals surface area contributed by atoms with Gasteiger partial charge in [0.15, 0.2) is 5.84 Å². The van der Waals surface area contributed by atoms with Crippen molar-refractivity contribution in [2.45, 2.75) is 33.7 Å². The molecule has 0 amide bonds. The molecule has 0 saturated carbocycles. The summed E-state index contributed by atoms with van der Waals surface area (Å²) in [4.78, 5) is 6.47. The van der Waals surface area contributed by atoms with Crippen molar-refractivity contribution in [3.8, 4) is 11.6 Å². The smallest absolute Gasteiger partial charge is 0.230 e. The Bertz CT molecular complexity index is 742. The fraction of sp³-hybridized carbons (Fsp3) is 0.400. The molecule has 6 heteroatoms. The quantitative estimate of drug-likeness (QED) is 0.351. The van der Waals surface area contributed by atoms with Gasteiger partial charge in [0.2, 0.25) is 5.88 Å². The van der Waals surface area contributed by atoms with Gasteiger partial charge in [-0.3, -0.25) is 0 Å². The number of hydrogen-bond donors (Lipinski definition) is 1. The van der Waals surface area contributed by atoms with Gasteiger partial charge in [-0.15, -0.1) is 0 Å². The molecule has 0 bridgehead atoms. The van der Waals surface area contributed by atoms with Crippen LogP contribution in [0.2, 0.25) is 0 Å². The average molecular weight is 357 g/mol. The van der Waals surface area contributed by atoms with E-state index in [4.69, 9.17) is 9.47 Å². The van der Waals surface area contributed by atoms with Gasteiger partial charge in [0.1, 0.15) is 5.75 Å². The number of rotatable bonds is 7. The minimum absolute atomic E-state index is 0.115. The molecule has 1 N–H and O–H groups in total. The number of ether oxygens (including phenoxy) is 2. The van der Waals surface area contributed by atoms with Crippen LogP contribution in [-0.4, -0.2) is 47.2 Å². The summed E-state index contributed by atoms with van der Waals surface area (Å²) < 4.78 is 11.2. The van der Waals surface area contributed by atoms with Gasteiger partial charge in [-0.05, 0) is 52.0 Å². The van der Waals surface area contributed by atoms with Gasteiger partial charge in [-0.2, -0.15) is 0 Å². The van der Waals surface area contributed by atoms with E-state index in [-0.39, 0.29) is 6.04 Å². The van der Waals surface area contributed by atoms with E-state index in [0.29, 0.717) is 36.2 Å². The highest BCUT2D eigenvalue weighted by Crippen LogP contribution is 2.26. The normalized spacial score (nSPS) is 11.7. The van der Waals surface area contributed by atoms with Gasteiger partial charge in [-0.1, -0.05) is 22.9 Å². The fourth-order valence-electron chi connectivity index (χ4n) is 2.56. The summed E-state index contributed by atoms with van der Waals surface area (Å²) in [5.41, 5.74) is 2.60. The van der Waals surface area contributed by atoms with E-state index < -0.39 is 0 Å². The van der Waals surface area contributed by atoms with E-state index in [0.717, 1.165) is 11.3 Å². The number of benzene rings is 1. The lowest BCUT2D eigenvalue weighted by Gasteiger charge is -2.29. The van der Waals surface area contributed by atoms with Crippen LogP contribution in [0.1, 0.15) is 30.7 Å². The van der Waals surface area contributed by atoms with Crippen molar-refractivity contribution in [1.82, 2.24) is 9.88 Å². The number of aryl methyl sites for hydroxylation is 2. The highest BCUT2D eigenvalue weighted by molar-refractivity contribution is 6.00. The molecule has 0 fully saturated rings. The first kappa shape index (κ1) is 19.7. The molecule has 26 heavy (non-hydrogen) atoms. The number of amidine groups is 1. The monoisotopic (exact) mass is 357 g/mol. The number of pyridine rings is 1. The third-order valence-electron chi connectivity index (χ3n) is 4.00. The number of nitrogens with zero attached hydrogens (tertiary/aromatic N) is 3. The predicted molar refractivity (Wildman–Crippen MR) is 102 cm³/mol. The number of oxime groups is 1. The summed E-state index contributed by atoms with van der Waals surface area (Å²) in [6.45, 7) is 9.08. The molecule has 0 aliphatic rings. The maximum Gasteiger partial charge on any atom is 0.230 e. The van der Waals surface area contributed by atoms with E-state index in [1.807, 2.05) is 69.0 Å². The Morgan fingerprint density at radius 1 is 1.15 bits per heavy atom. The molecule has 6 nitrogen and oxygen atoms in total. The van der Waals surface area contributed by atoms with E-state index in [1.54, 1.807) is 7.11 Å². The van der Waals surface area contributed by atoms with Crippen LogP contribution in [0.5, 0.6) is 11.6 Å². The number of methoxy groups -OCH3 is 1. The third kappa shape index (κ3) is 4.95. The zero-order valence-electron chi connectivity index (χ0n) is 16.1. The summed E-state index contributed by atoms with van der Waals surface area (Å²) in [5.74, 6) is 1.50. The van der Waals surface area contributed by atoms with Gasteiger partial charge < -0.3 is 19.6 Å². The minimum atomic E-state index is 0.115. The molecular formula is C20H27N3O3. The average Bonchev–Trinajstić information content (AvgIpc) is 2.61. The van der Waals surface area contributed by atoms with Crippen molar-refractivity contribution in [3.05, 3.63) is 53.2 Å². The SMILES string of the molecule is COCCN(/C(=N\O)c1ccc(C)nc1Oc1ccc(C)cc1)C(C)C. The Kier molecular flexibility index (Phi) is 6.97. The molecule has 2 aromatic rings. The number of hydrogen-bond acceptors (Lipinski definition) is 5. The Hall–Kier alpha value is -2.60. The Labute approximate surface area is 155 Å². The molecule has 1 aromatic heterocycles. The minimum Gasteiger partial charge on any atom is -0.438 e. The molecule has 0 spiro atoms. The zero-order valence-corrected chi connectivity index (χ0v) is 16.1. The van der Waals surface area contributed by atoms with Crippen LogP contribution in [0.25, 0.3) is 0 Å². The van der Waals surface area contributed by atoms with Crippen LogP contribution in [0.4, 0.5) is 0 Å². The first-order chi connectivity index (χ1) is 12.5. The summed E-state index contributed by atoms with van der Waals surface area (Å²) in [6.07, 6.45) is 0. The summed E-state index contributed by atoms with van der Waals surface area (Å²) in [6, 6.07) is 11.6. The molecule has 0 aliphatic heterocycles. The highest BCUT2D eigenvalue weighted by atomic mass is 16.5. The second kappa shape index (κ2) is 9.20. The van der Waals surface area contributed by atoms with Gasteiger partial charge in [-0.25, -0.2) is 4.98 Å². The maximum atomic E-state index is 9.72. The van der Waals surface area contributed by atoms with Crippen molar-refractivity contribution < 1.29 is 14.7 Å². The van der Waals surface area contributed by atoms with E-state index in [9.17, 15) is 5.21 Å². The van der Waals surface area contributed by atoms with E-state index in [1.165, 1.54) is 0 Å². The maximum absolute atomic E-state index is 9.72. The Morgan fingerprint density at radius 3 is 2.42 bits per heavy atom. The van der Waals surface area contributed by atoms with Gasteiger partial charge >= 0.3 is 0 Å². The molecule has 0 saturated heterocycles. The summed E-state index contributed by atoms with van der Waals surface area (Å²) >= 11 is 0. The molecule has 0 radical (unpaired) electrons. The molecule has 0 unspecified atom stereocenters. The molecule has 2 rings (SSSR count). The first-order valence-corrected chi connectivity index (χ1v) is 8.66. The topological polar surface area (TPSA) is 67.2 Å². The van der Waals surface area contributed by atoms with Crippen molar-refractivity contribution in [3.63, 3.8) is 0 Å². The lowest BCUT2D eigenvalue weighted by molar-refractivity contribution is 0.164. The van der Waals surface area contributed by atoms with Crippen LogP contribution >= 0.6 is 0 Å². The third-order valence-corrected chi connectivity index (χ3v) is 4.00. The highest BCUT2D eigenvalue weighted by Gasteiger charge is 2.22. The Morgan fingerprint density at radius 2 is 1.85 bits per heavy atom. The fourth-order valence-corrected chi connectivity index (χ4v) is 2.56. The van der Waals surface area contributed by atoms with Gasteiger partial charge in [0, 0.05) is 25.4 Å². The standard InChI is InChI=1S/C20H27N3O3/c1-14(2)23(12-13-25-5)19(22-24)18-11-8-16(4)21-20(18)26-17-9-6-15(3)7-10-17/h6-11,14,24H,12-13H2,1-5H3/b22-19-. The second-order valence-electron chi connectivity index (χ2n) is 6.42. The predicted octanol–water partition coefficient (Wildman–Crippen LogP) is 3.98. The molecule has 140 valence electrons. The summed E-state index contributed by atoms with van der Waals surface area (Å²) in [5, 5.41) is 13.3. The van der Waals surface area contributed by atoms with E-state index in [2.05, 4.69) is 10.1 Å². The van der Waals surface area contributed by atoms with Crippen LogP contribution in [0.3, 0.4) is 0 Å². The summed E-state index contributed by atoms with van der Waals surface area (Å²) in [7, 11) is 1.65. The largest absolute Gasteiger partial charge is 0.438 e. The zero-order chi connectivity index (χ0) is 19.1. The van der Waals surface area contributed by atoms with Crippen LogP contribution in [-0.2, 0) is 4.74 Å². The molecule has 1 heterocycles. The van der Waals surface area contributed by atoms with Crippen molar-refractivity contribution in [1.29, 1.82) is 0 Å².